The van der Waals surface area contributed by atoms with E-state index in [0.717, 1.165) is 39.6 Å². The van der Waals surface area contributed by atoms with Crippen LogP contribution in [0.3, 0.4) is 0 Å². The van der Waals surface area contributed by atoms with Gasteiger partial charge in [0.25, 0.3) is 11.8 Å². The van der Waals surface area contributed by atoms with E-state index >= 15 is 0 Å². The Kier molecular flexibility index (Phi) is 4.67. The van der Waals surface area contributed by atoms with E-state index in [9.17, 15) is 14.4 Å². The molecule has 4 bridgehead atoms. The third-order valence-electron chi connectivity index (χ3n) is 8.99. The molecule has 176 valence electrons. The molecule has 4 saturated carbocycles. The van der Waals surface area contributed by atoms with Gasteiger partial charge in [-0.2, -0.15) is 0 Å². The second-order valence-corrected chi connectivity index (χ2v) is 11.1. The van der Waals surface area contributed by atoms with E-state index in [-0.39, 0.29) is 11.0 Å². The summed E-state index contributed by atoms with van der Waals surface area (Å²) in [6, 6.07) is 9.19. The highest BCUT2D eigenvalue weighted by Crippen LogP contribution is 2.60. The van der Waals surface area contributed by atoms with Crippen molar-refractivity contribution in [3.63, 3.8) is 0 Å². The third-order valence-corrected chi connectivity index (χ3v) is 8.99. The highest BCUT2D eigenvalue weighted by atomic mass is 16.2. The van der Waals surface area contributed by atoms with Crippen LogP contribution in [0.25, 0.3) is 6.08 Å². The van der Waals surface area contributed by atoms with Gasteiger partial charge >= 0.3 is 6.03 Å². The average Bonchev–Trinajstić information content (AvgIpc) is 3.02. The Morgan fingerprint density at radius 3 is 2.06 bits per heavy atom. The molecule has 34 heavy (non-hydrogen) atoms. The number of barbiturate groups is 1. The van der Waals surface area contributed by atoms with Crippen LogP contribution in [0.1, 0.15) is 61.0 Å². The van der Waals surface area contributed by atoms with Crippen molar-refractivity contribution in [1.82, 2.24) is 9.88 Å². The van der Waals surface area contributed by atoms with E-state index in [1.807, 2.05) is 43.7 Å². The molecule has 0 atom stereocenters. The summed E-state index contributed by atoms with van der Waals surface area (Å²) in [6.07, 6.45) is 9.55. The van der Waals surface area contributed by atoms with Crippen LogP contribution >= 0.6 is 0 Å². The minimum Gasteiger partial charge on any atom is -0.352 e. The van der Waals surface area contributed by atoms with Gasteiger partial charge in [0.15, 0.2) is 0 Å². The number of amides is 4. The molecule has 4 aliphatic carbocycles. The summed E-state index contributed by atoms with van der Waals surface area (Å²) >= 11 is 0. The monoisotopic (exact) mass is 457 g/mol. The van der Waals surface area contributed by atoms with Crippen molar-refractivity contribution in [3.8, 4) is 0 Å². The molecule has 5 aliphatic rings. The second kappa shape index (κ2) is 7.42. The van der Waals surface area contributed by atoms with E-state index in [0.29, 0.717) is 5.69 Å². The molecule has 2 aromatic rings. The van der Waals surface area contributed by atoms with Gasteiger partial charge in [-0.1, -0.05) is 12.1 Å². The second-order valence-electron chi connectivity index (χ2n) is 11.1. The third kappa shape index (κ3) is 3.18. The maximum Gasteiger partial charge on any atom is 0.335 e. The molecule has 1 aromatic carbocycles. The standard InChI is InChI=1S/C28H31N3O3/c1-16-8-21(17(2)30(16)3)12-24-25(32)29-27(34)31(26(24)33)23-6-4-22(5-7-23)28-13-18-9-19(14-28)11-20(10-18)15-28/h4-8,12,18-20H,9-11,13-15H2,1-3H3,(H,29,32,34)/b24-12+. The number of carbonyl (C=O) groups excluding carboxylic acids is 3. The number of hydrogen-bond acceptors (Lipinski definition) is 3. The van der Waals surface area contributed by atoms with E-state index in [2.05, 4.69) is 17.4 Å². The molecule has 1 saturated heterocycles. The minimum atomic E-state index is -0.698. The lowest BCUT2D eigenvalue weighted by Crippen LogP contribution is -2.54. The van der Waals surface area contributed by atoms with Gasteiger partial charge in [-0.25, -0.2) is 9.69 Å². The first-order valence-corrected chi connectivity index (χ1v) is 12.4. The van der Waals surface area contributed by atoms with Crippen molar-refractivity contribution in [2.24, 2.45) is 24.8 Å². The van der Waals surface area contributed by atoms with Crippen LogP contribution in [0.2, 0.25) is 0 Å². The van der Waals surface area contributed by atoms with Crippen LogP contribution < -0.4 is 10.2 Å². The highest BCUT2D eigenvalue weighted by molar-refractivity contribution is 6.39. The van der Waals surface area contributed by atoms with E-state index in [1.54, 1.807) is 6.08 Å². The van der Waals surface area contributed by atoms with Gasteiger partial charge in [0.1, 0.15) is 5.57 Å². The number of aryl methyl sites for hydroxylation is 1. The summed E-state index contributed by atoms with van der Waals surface area (Å²) in [4.78, 5) is 39.7. The van der Waals surface area contributed by atoms with Gasteiger partial charge in [-0.15, -0.1) is 0 Å². The van der Waals surface area contributed by atoms with Crippen LogP contribution in [-0.4, -0.2) is 22.4 Å². The summed E-state index contributed by atoms with van der Waals surface area (Å²) < 4.78 is 2.00. The molecular formula is C28H31N3O3. The number of urea groups is 1. The van der Waals surface area contributed by atoms with Gasteiger partial charge in [0.05, 0.1) is 5.69 Å². The van der Waals surface area contributed by atoms with Gasteiger partial charge in [0.2, 0.25) is 0 Å². The topological polar surface area (TPSA) is 71.4 Å². The molecule has 0 unspecified atom stereocenters. The maximum atomic E-state index is 13.3. The molecule has 4 amide bonds. The number of aromatic nitrogens is 1. The van der Waals surface area contributed by atoms with Crippen LogP contribution in [0.5, 0.6) is 0 Å². The van der Waals surface area contributed by atoms with Crippen molar-refractivity contribution >= 4 is 29.6 Å². The highest BCUT2D eigenvalue weighted by Gasteiger charge is 2.51. The molecule has 6 heteroatoms. The van der Waals surface area contributed by atoms with Crippen molar-refractivity contribution in [2.75, 3.05) is 4.90 Å². The quantitative estimate of drug-likeness (QED) is 0.533. The summed E-state index contributed by atoms with van der Waals surface area (Å²) in [5.74, 6) is 1.31. The summed E-state index contributed by atoms with van der Waals surface area (Å²) in [5, 5.41) is 2.34. The normalized spacial score (nSPS) is 31.5. The number of benzene rings is 1. The Morgan fingerprint density at radius 1 is 0.941 bits per heavy atom. The van der Waals surface area contributed by atoms with E-state index in [1.165, 1.54) is 44.1 Å². The SMILES string of the molecule is Cc1cc(/C=C2\C(=O)NC(=O)N(c3ccc(C45CC6CC(CC(C6)C4)C5)cc3)C2=O)c(C)n1C. The first-order chi connectivity index (χ1) is 16.2. The first-order valence-electron chi connectivity index (χ1n) is 12.4. The van der Waals surface area contributed by atoms with Crippen LogP contribution in [0.4, 0.5) is 10.5 Å². The summed E-state index contributed by atoms with van der Waals surface area (Å²) in [5.41, 5.74) is 4.84. The summed E-state index contributed by atoms with van der Waals surface area (Å²) in [6.45, 7) is 3.91. The fraction of sp³-hybridized carbons (Fsp3) is 0.464. The number of hydrogen-bond donors (Lipinski definition) is 1. The number of carbonyl (C=O) groups is 3. The Balaban J connectivity index is 1.31. The van der Waals surface area contributed by atoms with Crippen LogP contribution in [0, 0.1) is 31.6 Å². The van der Waals surface area contributed by atoms with Crippen LogP contribution in [-0.2, 0) is 22.1 Å². The molecule has 0 spiro atoms. The fourth-order valence-electron chi connectivity index (χ4n) is 7.51. The lowest BCUT2D eigenvalue weighted by Gasteiger charge is -2.57. The zero-order chi connectivity index (χ0) is 23.8. The zero-order valence-electron chi connectivity index (χ0n) is 20.1. The molecule has 1 N–H and O–H groups in total. The largest absolute Gasteiger partial charge is 0.352 e. The Labute approximate surface area is 200 Å². The number of nitrogens with one attached hydrogen (secondary N) is 1. The van der Waals surface area contributed by atoms with Crippen LogP contribution in [0.15, 0.2) is 35.9 Å². The maximum absolute atomic E-state index is 13.3. The van der Waals surface area contributed by atoms with E-state index < -0.39 is 17.8 Å². The number of imide groups is 2. The Hall–Kier alpha value is -3.15. The smallest absolute Gasteiger partial charge is 0.335 e. The summed E-state index contributed by atoms with van der Waals surface area (Å²) in [7, 11) is 1.94. The molecule has 1 aromatic heterocycles. The Morgan fingerprint density at radius 2 is 1.53 bits per heavy atom. The van der Waals surface area contributed by atoms with Crippen molar-refractivity contribution in [1.29, 1.82) is 0 Å². The average molecular weight is 458 g/mol. The molecule has 2 heterocycles. The van der Waals surface area contributed by atoms with Gasteiger partial charge < -0.3 is 4.57 Å². The minimum absolute atomic E-state index is 0.0292. The number of anilines is 1. The Bertz CT molecular complexity index is 1220. The number of nitrogens with zero attached hydrogens (tertiary/aromatic N) is 2. The molecule has 6 nitrogen and oxygen atoms in total. The van der Waals surface area contributed by atoms with Crippen molar-refractivity contribution in [2.45, 2.75) is 57.8 Å². The predicted molar refractivity (Wildman–Crippen MR) is 130 cm³/mol. The predicted octanol–water partition coefficient (Wildman–Crippen LogP) is 4.78. The number of rotatable bonds is 3. The molecule has 5 fully saturated rings. The van der Waals surface area contributed by atoms with Crippen molar-refractivity contribution < 1.29 is 14.4 Å². The molecule has 7 rings (SSSR count). The lowest BCUT2D eigenvalue weighted by atomic mass is 9.48. The van der Waals surface area contributed by atoms with Gasteiger partial charge in [-0.3, -0.25) is 14.9 Å². The zero-order valence-corrected chi connectivity index (χ0v) is 20.1. The van der Waals surface area contributed by atoms with Gasteiger partial charge in [-0.05, 0) is 111 Å². The first kappa shape index (κ1) is 21.4. The fourth-order valence-corrected chi connectivity index (χ4v) is 7.51. The molecular weight excluding hydrogens is 426 g/mol. The molecule has 1 aliphatic heterocycles. The van der Waals surface area contributed by atoms with Gasteiger partial charge in [0, 0.05) is 18.4 Å². The molecule has 0 radical (unpaired) electrons. The lowest BCUT2D eigenvalue weighted by molar-refractivity contribution is -0.122. The van der Waals surface area contributed by atoms with Crippen molar-refractivity contribution in [3.05, 3.63) is 58.4 Å². The van der Waals surface area contributed by atoms with E-state index in [4.69, 9.17) is 0 Å².